The van der Waals surface area contributed by atoms with Crippen molar-refractivity contribution in [3.05, 3.63) is 53.3 Å². The highest BCUT2D eigenvalue weighted by Gasteiger charge is 2.35. The summed E-state index contributed by atoms with van der Waals surface area (Å²) in [5.74, 6) is 0. The Morgan fingerprint density at radius 3 is 2.62 bits per heavy atom. The van der Waals surface area contributed by atoms with E-state index >= 15 is 0 Å². The van der Waals surface area contributed by atoms with E-state index in [9.17, 15) is 13.2 Å². The maximum Gasteiger partial charge on any atom is 0.416 e. The van der Waals surface area contributed by atoms with Crippen LogP contribution in [-0.4, -0.2) is 16.8 Å². The molecular formula is C15H18F3N3. The molecule has 114 valence electrons. The summed E-state index contributed by atoms with van der Waals surface area (Å²) in [5, 5.41) is 7.14. The minimum absolute atomic E-state index is 0.212. The molecule has 0 aliphatic rings. The fourth-order valence-corrected chi connectivity index (χ4v) is 2.39. The van der Waals surface area contributed by atoms with E-state index in [1.807, 2.05) is 6.92 Å². The lowest BCUT2D eigenvalue weighted by Gasteiger charge is -2.20. The third-order valence-electron chi connectivity index (χ3n) is 3.31. The molecule has 0 amide bonds. The molecule has 1 aromatic carbocycles. The first-order chi connectivity index (χ1) is 9.97. The van der Waals surface area contributed by atoms with Crippen LogP contribution in [0, 0.1) is 0 Å². The van der Waals surface area contributed by atoms with Gasteiger partial charge in [-0.1, -0.05) is 25.1 Å². The van der Waals surface area contributed by atoms with E-state index in [-0.39, 0.29) is 5.56 Å². The number of hydrogen-bond donors (Lipinski definition) is 1. The lowest BCUT2D eigenvalue weighted by atomic mass is 9.96. The summed E-state index contributed by atoms with van der Waals surface area (Å²) in [7, 11) is 1.65. The minimum Gasteiger partial charge on any atom is -0.309 e. The Labute approximate surface area is 121 Å². The standard InChI is InChI=1S/C15H18F3N3/c1-3-8-21-10-11(9-20-21)14(19-2)12-6-4-5-7-13(12)15(16,17)18/h4-7,9-10,14,19H,3,8H2,1-2H3. The number of aromatic nitrogens is 2. The highest BCUT2D eigenvalue weighted by Crippen LogP contribution is 2.36. The normalized spacial score (nSPS) is 13.4. The van der Waals surface area contributed by atoms with Crippen LogP contribution < -0.4 is 5.32 Å². The van der Waals surface area contributed by atoms with Gasteiger partial charge in [-0.2, -0.15) is 18.3 Å². The van der Waals surface area contributed by atoms with E-state index < -0.39 is 17.8 Å². The molecule has 0 radical (unpaired) electrons. The molecule has 0 bridgehead atoms. The number of benzene rings is 1. The third kappa shape index (κ3) is 3.44. The summed E-state index contributed by atoms with van der Waals surface area (Å²) in [4.78, 5) is 0. The van der Waals surface area contributed by atoms with Gasteiger partial charge >= 0.3 is 6.18 Å². The van der Waals surface area contributed by atoms with Crippen LogP contribution >= 0.6 is 0 Å². The Morgan fingerprint density at radius 2 is 2.00 bits per heavy atom. The van der Waals surface area contributed by atoms with Crippen LogP contribution in [0.5, 0.6) is 0 Å². The summed E-state index contributed by atoms with van der Waals surface area (Å²) in [5.41, 5.74) is 0.318. The molecule has 0 saturated heterocycles. The average molecular weight is 297 g/mol. The van der Waals surface area contributed by atoms with Crippen molar-refractivity contribution in [2.75, 3.05) is 7.05 Å². The van der Waals surface area contributed by atoms with Crippen LogP contribution in [0.25, 0.3) is 0 Å². The highest BCUT2D eigenvalue weighted by atomic mass is 19.4. The number of alkyl halides is 3. The molecule has 0 spiro atoms. The van der Waals surface area contributed by atoms with Crippen LogP contribution in [-0.2, 0) is 12.7 Å². The molecule has 1 N–H and O–H groups in total. The van der Waals surface area contributed by atoms with Gasteiger partial charge in [0.25, 0.3) is 0 Å². The molecule has 21 heavy (non-hydrogen) atoms. The predicted octanol–water partition coefficient (Wildman–Crippen LogP) is 3.62. The number of aryl methyl sites for hydroxylation is 1. The van der Waals surface area contributed by atoms with Crippen LogP contribution in [0.15, 0.2) is 36.7 Å². The molecule has 2 aromatic rings. The van der Waals surface area contributed by atoms with Crippen LogP contribution in [0.4, 0.5) is 13.2 Å². The number of halogens is 3. The Bertz CT molecular complexity index is 590. The molecule has 0 fully saturated rings. The van der Waals surface area contributed by atoms with Gasteiger partial charge < -0.3 is 5.32 Å². The van der Waals surface area contributed by atoms with Crippen LogP contribution in [0.2, 0.25) is 0 Å². The topological polar surface area (TPSA) is 29.9 Å². The van der Waals surface area contributed by atoms with E-state index in [0.717, 1.165) is 24.6 Å². The Kier molecular flexibility index (Phi) is 4.67. The average Bonchev–Trinajstić information content (AvgIpc) is 2.88. The molecule has 1 aromatic heterocycles. The second-order valence-electron chi connectivity index (χ2n) is 4.84. The van der Waals surface area contributed by atoms with Crippen molar-refractivity contribution in [3.63, 3.8) is 0 Å². The second kappa shape index (κ2) is 6.30. The molecule has 1 atom stereocenters. The van der Waals surface area contributed by atoms with Crippen molar-refractivity contribution >= 4 is 0 Å². The van der Waals surface area contributed by atoms with Gasteiger partial charge in [0, 0.05) is 18.3 Å². The summed E-state index contributed by atoms with van der Waals surface area (Å²) in [6, 6.07) is 5.09. The first-order valence-electron chi connectivity index (χ1n) is 6.83. The van der Waals surface area contributed by atoms with Crippen molar-refractivity contribution < 1.29 is 13.2 Å². The molecule has 1 unspecified atom stereocenters. The van der Waals surface area contributed by atoms with Gasteiger partial charge in [0.15, 0.2) is 0 Å². The van der Waals surface area contributed by atoms with Gasteiger partial charge in [-0.3, -0.25) is 4.68 Å². The lowest BCUT2D eigenvalue weighted by molar-refractivity contribution is -0.138. The molecule has 2 rings (SSSR count). The van der Waals surface area contributed by atoms with Crippen molar-refractivity contribution in [2.24, 2.45) is 0 Å². The highest BCUT2D eigenvalue weighted by molar-refractivity contribution is 5.37. The fraction of sp³-hybridized carbons (Fsp3) is 0.400. The van der Waals surface area contributed by atoms with Gasteiger partial charge in [0.05, 0.1) is 17.8 Å². The van der Waals surface area contributed by atoms with Gasteiger partial charge in [-0.25, -0.2) is 0 Å². The van der Waals surface area contributed by atoms with E-state index in [1.165, 1.54) is 12.1 Å². The van der Waals surface area contributed by atoms with E-state index in [2.05, 4.69) is 10.4 Å². The van der Waals surface area contributed by atoms with Crippen molar-refractivity contribution in [1.29, 1.82) is 0 Å². The smallest absolute Gasteiger partial charge is 0.309 e. The molecule has 1 heterocycles. The number of nitrogens with one attached hydrogen (secondary N) is 1. The summed E-state index contributed by atoms with van der Waals surface area (Å²) in [6.07, 6.45) is -0.0443. The number of hydrogen-bond acceptors (Lipinski definition) is 2. The van der Waals surface area contributed by atoms with Gasteiger partial charge in [0.2, 0.25) is 0 Å². The van der Waals surface area contributed by atoms with E-state index in [1.54, 1.807) is 30.2 Å². The Balaban J connectivity index is 2.41. The minimum atomic E-state index is -4.37. The van der Waals surface area contributed by atoms with Crippen LogP contribution in [0.1, 0.15) is 36.1 Å². The zero-order valence-corrected chi connectivity index (χ0v) is 12.0. The quantitative estimate of drug-likeness (QED) is 0.913. The van der Waals surface area contributed by atoms with E-state index in [0.29, 0.717) is 0 Å². The third-order valence-corrected chi connectivity index (χ3v) is 3.31. The maximum absolute atomic E-state index is 13.1. The zero-order valence-electron chi connectivity index (χ0n) is 12.0. The summed E-state index contributed by atoms with van der Waals surface area (Å²) < 4.78 is 41.2. The second-order valence-corrected chi connectivity index (χ2v) is 4.84. The summed E-state index contributed by atoms with van der Waals surface area (Å²) >= 11 is 0. The molecule has 0 aliphatic carbocycles. The summed E-state index contributed by atoms with van der Waals surface area (Å²) in [6.45, 7) is 2.77. The van der Waals surface area contributed by atoms with Gasteiger partial charge in [0.1, 0.15) is 0 Å². The number of nitrogens with zero attached hydrogens (tertiary/aromatic N) is 2. The van der Waals surface area contributed by atoms with Crippen molar-refractivity contribution in [2.45, 2.75) is 32.1 Å². The number of rotatable bonds is 5. The van der Waals surface area contributed by atoms with Gasteiger partial charge in [-0.05, 0) is 25.1 Å². The SMILES string of the molecule is CCCn1cc(C(NC)c2ccccc2C(F)(F)F)cn1. The predicted molar refractivity (Wildman–Crippen MR) is 74.9 cm³/mol. The maximum atomic E-state index is 13.1. The molecule has 0 aliphatic heterocycles. The first-order valence-corrected chi connectivity index (χ1v) is 6.83. The fourth-order valence-electron chi connectivity index (χ4n) is 2.39. The van der Waals surface area contributed by atoms with Gasteiger partial charge in [-0.15, -0.1) is 0 Å². The molecule has 3 nitrogen and oxygen atoms in total. The first kappa shape index (κ1) is 15.6. The largest absolute Gasteiger partial charge is 0.416 e. The van der Waals surface area contributed by atoms with Crippen LogP contribution in [0.3, 0.4) is 0 Å². The monoisotopic (exact) mass is 297 g/mol. The zero-order chi connectivity index (χ0) is 15.5. The molecule has 6 heteroatoms. The molecule has 0 saturated carbocycles. The van der Waals surface area contributed by atoms with E-state index in [4.69, 9.17) is 0 Å². The Hall–Kier alpha value is -1.82. The van der Waals surface area contributed by atoms with Crippen molar-refractivity contribution in [1.82, 2.24) is 15.1 Å². The Morgan fingerprint density at radius 1 is 1.29 bits per heavy atom. The van der Waals surface area contributed by atoms with Crippen molar-refractivity contribution in [3.8, 4) is 0 Å². The molecular weight excluding hydrogens is 279 g/mol. The lowest BCUT2D eigenvalue weighted by Crippen LogP contribution is -2.21.